The van der Waals surface area contributed by atoms with Crippen LogP contribution >= 0.6 is 11.3 Å². The maximum atomic E-state index is 13.0. The molecule has 1 amide bonds. The summed E-state index contributed by atoms with van der Waals surface area (Å²) in [5, 5.41) is 4.38. The zero-order valence-corrected chi connectivity index (χ0v) is 22.2. The van der Waals surface area contributed by atoms with E-state index in [1.54, 1.807) is 17.7 Å². The van der Waals surface area contributed by atoms with Crippen LogP contribution in [-0.2, 0) is 11.2 Å². The summed E-state index contributed by atoms with van der Waals surface area (Å²) < 4.78 is 0. The Hall–Kier alpha value is -1.77. The number of carbonyl (C=O) groups is 1. The quantitative estimate of drug-likeness (QED) is 0.557. The third kappa shape index (κ3) is 6.15. The third-order valence-corrected chi connectivity index (χ3v) is 9.44. The molecule has 3 fully saturated rings. The topological polar surface area (TPSA) is 64.6 Å². The molecule has 2 saturated heterocycles. The van der Waals surface area contributed by atoms with Crippen molar-refractivity contribution in [2.45, 2.75) is 70.8 Å². The summed E-state index contributed by atoms with van der Waals surface area (Å²) in [6, 6.07) is 3.07. The standard InChI is InChI=1S/C27H42N6OS/c1-2-23-18-24-25(29-20-30-27(24)35-23)33-13-6-8-21(19-33)26(34)28-11-7-12-31-14-16-32(17-15-31)22-9-4-3-5-10-22/h18,20-22H,2-17,19H2,1H3,(H,28,34)/t21-/m1/s1. The number of aromatic nitrogens is 2. The maximum Gasteiger partial charge on any atom is 0.224 e. The van der Waals surface area contributed by atoms with Gasteiger partial charge in [-0.3, -0.25) is 9.69 Å². The molecule has 0 aromatic carbocycles. The van der Waals surface area contributed by atoms with Gasteiger partial charge >= 0.3 is 0 Å². The number of hydrogen-bond acceptors (Lipinski definition) is 7. The number of rotatable bonds is 8. The minimum absolute atomic E-state index is 0.0390. The molecule has 7 nitrogen and oxygen atoms in total. The fraction of sp³-hybridized carbons (Fsp3) is 0.741. The van der Waals surface area contributed by atoms with Gasteiger partial charge in [-0.2, -0.15) is 0 Å². The van der Waals surface area contributed by atoms with Gasteiger partial charge < -0.3 is 15.1 Å². The molecule has 192 valence electrons. The van der Waals surface area contributed by atoms with E-state index in [2.05, 4.69) is 43.0 Å². The van der Waals surface area contributed by atoms with E-state index in [1.165, 1.54) is 63.2 Å². The number of nitrogens with one attached hydrogen (secondary N) is 1. The van der Waals surface area contributed by atoms with Crippen LogP contribution in [0.1, 0.15) is 63.2 Å². The molecule has 0 radical (unpaired) electrons. The van der Waals surface area contributed by atoms with Crippen LogP contribution in [-0.4, -0.2) is 84.1 Å². The van der Waals surface area contributed by atoms with E-state index in [0.717, 1.165) is 73.9 Å². The van der Waals surface area contributed by atoms with E-state index in [4.69, 9.17) is 0 Å². The van der Waals surface area contributed by atoms with E-state index in [0.29, 0.717) is 0 Å². The second kappa shape index (κ2) is 12.0. The van der Waals surface area contributed by atoms with Crippen molar-refractivity contribution >= 4 is 33.3 Å². The molecular formula is C27H42N6OS. The molecule has 8 heteroatoms. The number of amides is 1. The normalized spacial score (nSPS) is 23.1. The molecule has 1 aliphatic carbocycles. The average molecular weight is 499 g/mol. The molecule has 0 bridgehead atoms. The highest BCUT2D eigenvalue weighted by atomic mass is 32.1. The Kier molecular flexibility index (Phi) is 8.52. The molecule has 1 atom stereocenters. The fourth-order valence-electron chi connectivity index (χ4n) is 6.16. The lowest BCUT2D eigenvalue weighted by Crippen LogP contribution is -2.51. The van der Waals surface area contributed by atoms with Crippen LogP contribution in [0.25, 0.3) is 10.2 Å². The Morgan fingerprint density at radius 2 is 1.89 bits per heavy atom. The molecule has 4 heterocycles. The van der Waals surface area contributed by atoms with Crippen LogP contribution in [0.15, 0.2) is 12.4 Å². The smallest absolute Gasteiger partial charge is 0.224 e. The summed E-state index contributed by atoms with van der Waals surface area (Å²) in [4.78, 5) is 32.1. The number of thiophene rings is 1. The van der Waals surface area contributed by atoms with Gasteiger partial charge in [-0.1, -0.05) is 26.2 Å². The third-order valence-electron chi connectivity index (χ3n) is 8.25. The van der Waals surface area contributed by atoms with Gasteiger partial charge in [0.15, 0.2) is 0 Å². The van der Waals surface area contributed by atoms with Crippen molar-refractivity contribution < 1.29 is 4.79 Å². The summed E-state index contributed by atoms with van der Waals surface area (Å²) in [5.74, 6) is 1.24. The lowest BCUT2D eigenvalue weighted by Gasteiger charge is -2.40. The number of fused-ring (bicyclic) bond motifs is 1. The van der Waals surface area contributed by atoms with E-state index in [9.17, 15) is 4.79 Å². The largest absolute Gasteiger partial charge is 0.356 e. The Morgan fingerprint density at radius 3 is 2.69 bits per heavy atom. The highest BCUT2D eigenvalue weighted by Gasteiger charge is 2.28. The molecule has 0 spiro atoms. The first kappa shape index (κ1) is 24.9. The minimum atomic E-state index is 0.0390. The molecule has 2 aromatic rings. The van der Waals surface area contributed by atoms with E-state index in [1.807, 2.05) is 0 Å². The second-order valence-electron chi connectivity index (χ2n) is 10.6. The van der Waals surface area contributed by atoms with Crippen LogP contribution in [0.2, 0.25) is 0 Å². The van der Waals surface area contributed by atoms with Gasteiger partial charge in [0.2, 0.25) is 5.91 Å². The Morgan fingerprint density at radius 1 is 1.06 bits per heavy atom. The van der Waals surface area contributed by atoms with Crippen molar-refractivity contribution in [2.24, 2.45) is 5.92 Å². The number of piperazine rings is 1. The predicted molar refractivity (Wildman–Crippen MR) is 144 cm³/mol. The number of nitrogens with zero attached hydrogens (tertiary/aromatic N) is 5. The zero-order valence-electron chi connectivity index (χ0n) is 21.4. The summed E-state index contributed by atoms with van der Waals surface area (Å²) >= 11 is 1.75. The number of aryl methyl sites for hydroxylation is 1. The van der Waals surface area contributed by atoms with Crippen molar-refractivity contribution in [1.82, 2.24) is 25.1 Å². The van der Waals surface area contributed by atoms with Gasteiger partial charge in [-0.05, 0) is 51.1 Å². The van der Waals surface area contributed by atoms with Crippen molar-refractivity contribution in [1.29, 1.82) is 0 Å². The van der Waals surface area contributed by atoms with Gasteiger partial charge in [0.25, 0.3) is 0 Å². The van der Waals surface area contributed by atoms with Crippen molar-refractivity contribution in [3.63, 3.8) is 0 Å². The Bertz CT molecular complexity index is 966. The summed E-state index contributed by atoms with van der Waals surface area (Å²) in [6.45, 7) is 10.5. The molecule has 3 aliphatic rings. The van der Waals surface area contributed by atoms with Crippen LogP contribution in [0.5, 0.6) is 0 Å². The Labute approximate surface area is 214 Å². The predicted octanol–water partition coefficient (Wildman–Crippen LogP) is 3.93. The van der Waals surface area contributed by atoms with E-state index >= 15 is 0 Å². The number of hydrogen-bond donors (Lipinski definition) is 1. The first-order chi connectivity index (χ1) is 17.2. The minimum Gasteiger partial charge on any atom is -0.356 e. The van der Waals surface area contributed by atoms with E-state index in [-0.39, 0.29) is 11.8 Å². The molecule has 2 aromatic heterocycles. The molecule has 1 N–H and O–H groups in total. The molecule has 35 heavy (non-hydrogen) atoms. The van der Waals surface area contributed by atoms with Gasteiger partial charge in [0.1, 0.15) is 17.0 Å². The first-order valence-corrected chi connectivity index (χ1v) is 14.8. The molecule has 0 unspecified atom stereocenters. The lowest BCUT2D eigenvalue weighted by atomic mass is 9.94. The summed E-state index contributed by atoms with van der Waals surface area (Å²) in [5.41, 5.74) is 0. The molecular weight excluding hydrogens is 456 g/mol. The maximum absolute atomic E-state index is 13.0. The highest BCUT2D eigenvalue weighted by molar-refractivity contribution is 7.18. The van der Waals surface area contributed by atoms with Gasteiger partial charge in [0.05, 0.1) is 11.3 Å². The average Bonchev–Trinajstić information content (AvgIpc) is 3.36. The highest BCUT2D eigenvalue weighted by Crippen LogP contribution is 2.32. The molecule has 1 saturated carbocycles. The zero-order chi connectivity index (χ0) is 24.0. The number of carbonyl (C=O) groups excluding carboxylic acids is 1. The van der Waals surface area contributed by atoms with Crippen LogP contribution < -0.4 is 10.2 Å². The van der Waals surface area contributed by atoms with Crippen LogP contribution in [0.3, 0.4) is 0 Å². The van der Waals surface area contributed by atoms with Gasteiger partial charge in [0, 0.05) is 56.7 Å². The summed E-state index contributed by atoms with van der Waals surface area (Å²) in [7, 11) is 0. The molecule has 5 rings (SSSR count). The SMILES string of the molecule is CCc1cc2c(N3CCC[C@@H](C(=O)NCCCN4CCN(C5CCCCC5)CC4)C3)ncnc2s1. The van der Waals surface area contributed by atoms with Crippen molar-refractivity contribution in [2.75, 3.05) is 57.3 Å². The number of anilines is 1. The van der Waals surface area contributed by atoms with Gasteiger partial charge in [-0.15, -0.1) is 11.3 Å². The monoisotopic (exact) mass is 498 g/mol. The lowest BCUT2D eigenvalue weighted by molar-refractivity contribution is -0.125. The van der Waals surface area contributed by atoms with E-state index < -0.39 is 0 Å². The number of piperidine rings is 1. The molecule has 2 aliphatic heterocycles. The second-order valence-corrected chi connectivity index (χ2v) is 11.7. The fourth-order valence-corrected chi connectivity index (χ4v) is 7.09. The Balaban J connectivity index is 1.04. The summed E-state index contributed by atoms with van der Waals surface area (Å²) in [6.07, 6.45) is 12.8. The van der Waals surface area contributed by atoms with Gasteiger partial charge in [-0.25, -0.2) is 9.97 Å². The van der Waals surface area contributed by atoms with Crippen LogP contribution in [0.4, 0.5) is 5.82 Å². The first-order valence-electron chi connectivity index (χ1n) is 13.9. The van der Waals surface area contributed by atoms with Crippen LogP contribution in [0, 0.1) is 5.92 Å². The van der Waals surface area contributed by atoms with Crippen molar-refractivity contribution in [3.8, 4) is 0 Å². The van der Waals surface area contributed by atoms with Crippen molar-refractivity contribution in [3.05, 3.63) is 17.3 Å².